The summed E-state index contributed by atoms with van der Waals surface area (Å²) in [4.78, 5) is 13.9. The van der Waals surface area contributed by atoms with E-state index in [1.807, 2.05) is 11.8 Å². The fourth-order valence-electron chi connectivity index (χ4n) is 1.77. The van der Waals surface area contributed by atoms with Gasteiger partial charge in [0.25, 0.3) is 15.9 Å². The minimum atomic E-state index is -3.87. The summed E-state index contributed by atoms with van der Waals surface area (Å²) in [6, 6.07) is 11.3. The van der Waals surface area contributed by atoms with Gasteiger partial charge in [0.1, 0.15) is 11.6 Å². The highest BCUT2D eigenvalue weighted by Crippen LogP contribution is 2.13. The Kier molecular flexibility index (Phi) is 5.53. The van der Waals surface area contributed by atoms with Crippen LogP contribution >= 0.6 is 0 Å². The lowest BCUT2D eigenvalue weighted by Crippen LogP contribution is -2.47. The van der Waals surface area contributed by atoms with Crippen molar-refractivity contribution in [1.82, 2.24) is 10.3 Å². The molecular weight excluding hydrogens is 335 g/mol. The lowest BCUT2D eigenvalue weighted by molar-refractivity contribution is -0.127. The monoisotopic (exact) mass is 352 g/mol. The van der Waals surface area contributed by atoms with Crippen molar-refractivity contribution in [2.24, 2.45) is 0 Å². The van der Waals surface area contributed by atoms with Gasteiger partial charge in [0, 0.05) is 0 Å². The second-order valence-electron chi connectivity index (χ2n) is 5.12. The highest BCUT2D eigenvalue weighted by atomic mass is 32.2. The van der Waals surface area contributed by atoms with Crippen molar-refractivity contribution >= 4 is 15.9 Å². The molecule has 0 saturated heterocycles. The van der Waals surface area contributed by atoms with Gasteiger partial charge in [0.2, 0.25) is 0 Å². The zero-order chi connectivity index (χ0) is 17.7. The normalized spacial score (nSPS) is 12.5. The smallest absolute Gasteiger partial charge is 0.275 e. The first-order chi connectivity index (χ1) is 11.3. The fraction of sp³-hybridized carbons (Fsp3) is 0.188. The molecule has 6 nitrogen and oxygen atoms in total. The summed E-state index contributed by atoms with van der Waals surface area (Å²) < 4.78 is 42.2. The van der Waals surface area contributed by atoms with E-state index in [1.54, 1.807) is 12.1 Å². The van der Waals surface area contributed by atoms with E-state index in [0.717, 1.165) is 5.56 Å². The van der Waals surface area contributed by atoms with Crippen molar-refractivity contribution in [3.8, 4) is 5.75 Å². The first-order valence-corrected chi connectivity index (χ1v) is 8.57. The summed E-state index contributed by atoms with van der Waals surface area (Å²) in [6.45, 7) is 3.28. The third-order valence-electron chi connectivity index (χ3n) is 3.14. The molecule has 0 aromatic heterocycles. The van der Waals surface area contributed by atoms with Crippen LogP contribution in [0.2, 0.25) is 0 Å². The molecule has 2 aromatic carbocycles. The van der Waals surface area contributed by atoms with Gasteiger partial charge in [-0.25, -0.2) is 12.8 Å². The number of carbonyl (C=O) groups excluding carboxylic acids is 1. The summed E-state index contributed by atoms with van der Waals surface area (Å²) in [7, 11) is -3.87. The number of hydrazine groups is 1. The Bertz CT molecular complexity index is 805. The van der Waals surface area contributed by atoms with Crippen LogP contribution in [-0.2, 0) is 14.8 Å². The van der Waals surface area contributed by atoms with Crippen LogP contribution < -0.4 is 15.0 Å². The van der Waals surface area contributed by atoms with Gasteiger partial charge >= 0.3 is 0 Å². The molecule has 0 heterocycles. The molecule has 0 aliphatic rings. The summed E-state index contributed by atoms with van der Waals surface area (Å²) in [5.74, 6) is -0.819. The van der Waals surface area contributed by atoms with Crippen LogP contribution in [-0.4, -0.2) is 20.4 Å². The van der Waals surface area contributed by atoms with Crippen LogP contribution in [0.1, 0.15) is 12.5 Å². The van der Waals surface area contributed by atoms with Gasteiger partial charge in [-0.15, -0.1) is 4.83 Å². The fourth-order valence-corrected chi connectivity index (χ4v) is 2.61. The van der Waals surface area contributed by atoms with Gasteiger partial charge in [-0.3, -0.25) is 10.2 Å². The molecule has 2 N–H and O–H groups in total. The molecule has 2 aromatic rings. The third-order valence-corrected chi connectivity index (χ3v) is 4.40. The standard InChI is InChI=1S/C16H17FN2O4S/c1-11-3-9-15(10-4-11)24(21,22)19-18-16(20)12(2)23-14-7-5-13(17)6-8-14/h3-10,12,19H,1-2H3,(H,18,20)/t12-/m0/s1. The molecule has 0 aliphatic heterocycles. The summed E-state index contributed by atoms with van der Waals surface area (Å²) in [5, 5.41) is 0. The highest BCUT2D eigenvalue weighted by molar-refractivity contribution is 7.89. The zero-order valence-electron chi connectivity index (χ0n) is 13.1. The van der Waals surface area contributed by atoms with Crippen molar-refractivity contribution in [2.75, 3.05) is 0 Å². The average Bonchev–Trinajstić information content (AvgIpc) is 2.55. The van der Waals surface area contributed by atoms with Gasteiger partial charge in [-0.2, -0.15) is 0 Å². The van der Waals surface area contributed by atoms with Crippen LogP contribution in [0.5, 0.6) is 5.75 Å². The average molecular weight is 352 g/mol. The molecule has 1 amide bonds. The van der Waals surface area contributed by atoms with Crippen molar-refractivity contribution in [1.29, 1.82) is 0 Å². The van der Waals surface area contributed by atoms with E-state index in [1.165, 1.54) is 43.3 Å². The lowest BCUT2D eigenvalue weighted by Gasteiger charge is -2.15. The van der Waals surface area contributed by atoms with E-state index >= 15 is 0 Å². The number of sulfonamides is 1. The molecular formula is C16H17FN2O4S. The van der Waals surface area contributed by atoms with E-state index in [2.05, 4.69) is 5.43 Å². The molecule has 0 radical (unpaired) electrons. The number of ether oxygens (including phenoxy) is 1. The van der Waals surface area contributed by atoms with Crippen molar-refractivity contribution in [3.63, 3.8) is 0 Å². The van der Waals surface area contributed by atoms with Crippen LogP contribution in [0.15, 0.2) is 53.4 Å². The number of hydrogen-bond acceptors (Lipinski definition) is 4. The Morgan fingerprint density at radius 1 is 1.08 bits per heavy atom. The first kappa shape index (κ1) is 17.9. The second kappa shape index (κ2) is 7.41. The quantitative estimate of drug-likeness (QED) is 0.778. The van der Waals surface area contributed by atoms with Gasteiger partial charge in [0.05, 0.1) is 4.90 Å². The molecule has 0 unspecified atom stereocenters. The number of hydrogen-bond donors (Lipinski definition) is 2. The molecule has 1 atom stereocenters. The number of nitrogens with one attached hydrogen (secondary N) is 2. The van der Waals surface area contributed by atoms with Gasteiger partial charge in [0.15, 0.2) is 6.10 Å². The summed E-state index contributed by atoms with van der Waals surface area (Å²) in [5.41, 5.74) is 3.01. The van der Waals surface area contributed by atoms with Crippen molar-refractivity contribution < 1.29 is 22.3 Å². The molecule has 128 valence electrons. The van der Waals surface area contributed by atoms with E-state index in [9.17, 15) is 17.6 Å². The zero-order valence-corrected chi connectivity index (χ0v) is 13.9. The molecule has 0 saturated carbocycles. The van der Waals surface area contributed by atoms with Gasteiger partial charge in [-0.1, -0.05) is 17.7 Å². The SMILES string of the molecule is Cc1ccc(S(=O)(=O)NNC(=O)[C@H](C)Oc2ccc(F)cc2)cc1. The highest BCUT2D eigenvalue weighted by Gasteiger charge is 2.19. The van der Waals surface area contributed by atoms with Crippen LogP contribution in [0.4, 0.5) is 4.39 Å². The molecule has 0 bridgehead atoms. The first-order valence-electron chi connectivity index (χ1n) is 7.08. The molecule has 0 aliphatic carbocycles. The topological polar surface area (TPSA) is 84.5 Å². The summed E-state index contributed by atoms with van der Waals surface area (Å²) in [6.07, 6.45) is -0.976. The maximum Gasteiger partial charge on any atom is 0.275 e. The molecule has 0 spiro atoms. The van der Waals surface area contributed by atoms with E-state index in [-0.39, 0.29) is 4.90 Å². The largest absolute Gasteiger partial charge is 0.481 e. The van der Waals surface area contributed by atoms with Crippen LogP contribution in [0.25, 0.3) is 0 Å². The summed E-state index contributed by atoms with van der Waals surface area (Å²) >= 11 is 0. The Hall–Kier alpha value is -2.45. The Morgan fingerprint density at radius 3 is 2.25 bits per heavy atom. The number of aryl methyl sites for hydroxylation is 1. The Balaban J connectivity index is 1.94. The lowest BCUT2D eigenvalue weighted by atomic mass is 10.2. The number of carbonyl (C=O) groups is 1. The van der Waals surface area contributed by atoms with E-state index in [0.29, 0.717) is 5.75 Å². The minimum Gasteiger partial charge on any atom is -0.481 e. The Labute approximate surface area is 139 Å². The van der Waals surface area contributed by atoms with E-state index < -0.39 is 27.9 Å². The van der Waals surface area contributed by atoms with Gasteiger partial charge < -0.3 is 4.74 Å². The number of rotatable bonds is 6. The van der Waals surface area contributed by atoms with E-state index in [4.69, 9.17) is 4.74 Å². The molecule has 0 fully saturated rings. The maximum absolute atomic E-state index is 12.8. The number of halogens is 1. The molecule has 2 rings (SSSR count). The molecule has 24 heavy (non-hydrogen) atoms. The predicted molar refractivity (Wildman–Crippen MR) is 86.1 cm³/mol. The number of benzene rings is 2. The van der Waals surface area contributed by atoms with Crippen molar-refractivity contribution in [3.05, 3.63) is 59.9 Å². The minimum absolute atomic E-state index is 0.0282. The maximum atomic E-state index is 12.8. The van der Waals surface area contributed by atoms with Gasteiger partial charge in [-0.05, 0) is 50.2 Å². The Morgan fingerprint density at radius 2 is 1.67 bits per heavy atom. The van der Waals surface area contributed by atoms with Crippen molar-refractivity contribution in [2.45, 2.75) is 24.8 Å². The van der Waals surface area contributed by atoms with Crippen LogP contribution in [0.3, 0.4) is 0 Å². The number of amides is 1. The molecule has 8 heteroatoms. The predicted octanol–water partition coefficient (Wildman–Crippen LogP) is 1.91. The third kappa shape index (κ3) is 4.77. The van der Waals surface area contributed by atoms with Crippen LogP contribution in [0, 0.1) is 12.7 Å². The second-order valence-corrected chi connectivity index (χ2v) is 6.80.